The molecule has 3 heteroatoms. The van der Waals surface area contributed by atoms with Crippen LogP contribution in [0.1, 0.15) is 47.9 Å². The fraction of sp³-hybridized carbons (Fsp3) is 0.292. The number of aliphatic imine (C=N–C) groups is 1. The van der Waals surface area contributed by atoms with E-state index in [0.717, 1.165) is 24.3 Å². The van der Waals surface area contributed by atoms with Crippen molar-refractivity contribution < 1.29 is 4.39 Å². The van der Waals surface area contributed by atoms with Crippen molar-refractivity contribution in [2.45, 2.75) is 38.5 Å². The molecule has 2 aliphatic carbocycles. The quantitative estimate of drug-likeness (QED) is 0.350. The zero-order valence-electron chi connectivity index (χ0n) is 15.1. The average Bonchev–Trinajstić information content (AvgIpc) is 2.65. The minimum Gasteiger partial charge on any atom is -0.205 e. The highest BCUT2D eigenvalue weighted by Gasteiger charge is 2.18. The van der Waals surface area contributed by atoms with Crippen molar-refractivity contribution in [2.24, 2.45) is 10.9 Å². The van der Waals surface area contributed by atoms with Crippen LogP contribution in [-0.4, -0.2) is 5.16 Å². The predicted octanol–water partition coefficient (Wildman–Crippen LogP) is 6.28. The molecule has 4 rings (SSSR count). The molecule has 1 nitrogen and oxygen atoms in total. The molecule has 1 saturated carbocycles. The molecule has 1 fully saturated rings. The van der Waals surface area contributed by atoms with E-state index in [1.807, 2.05) is 0 Å². The SMILES string of the molecule is Fc1cc(C#CC2=Cc3ccc(CC4CCC4)cc3CC2)ccc1N=C=S. The van der Waals surface area contributed by atoms with Gasteiger partial charge in [0.1, 0.15) is 5.69 Å². The van der Waals surface area contributed by atoms with Crippen LogP contribution in [0.4, 0.5) is 10.1 Å². The smallest absolute Gasteiger partial charge is 0.150 e. The van der Waals surface area contributed by atoms with Crippen molar-refractivity contribution in [1.82, 2.24) is 0 Å². The Labute approximate surface area is 165 Å². The third-order valence-electron chi connectivity index (χ3n) is 5.43. The predicted molar refractivity (Wildman–Crippen MR) is 112 cm³/mol. The highest BCUT2D eigenvalue weighted by molar-refractivity contribution is 7.78. The van der Waals surface area contributed by atoms with Gasteiger partial charge in [-0.1, -0.05) is 49.3 Å². The molecule has 0 N–H and O–H groups in total. The Morgan fingerprint density at radius 2 is 1.96 bits per heavy atom. The third kappa shape index (κ3) is 4.25. The molecule has 2 aromatic rings. The van der Waals surface area contributed by atoms with Gasteiger partial charge in [-0.25, -0.2) is 4.39 Å². The standard InChI is InChI=1S/C24H20FNS/c25-23-15-19(8-11-24(23)26-16-27)5-4-18-6-9-22-14-20(7-10-21(22)13-18)12-17-2-1-3-17/h7-8,10-11,13-15,17H,1-3,6,9,12H2. The molecule has 2 aromatic carbocycles. The lowest BCUT2D eigenvalue weighted by Gasteiger charge is -2.26. The summed E-state index contributed by atoms with van der Waals surface area (Å²) in [5.74, 6) is 6.73. The molecule has 0 atom stereocenters. The highest BCUT2D eigenvalue weighted by Crippen LogP contribution is 2.31. The molecule has 0 radical (unpaired) electrons. The largest absolute Gasteiger partial charge is 0.205 e. The number of isothiocyanates is 1. The van der Waals surface area contributed by atoms with Gasteiger partial charge < -0.3 is 0 Å². The minimum atomic E-state index is -0.430. The van der Waals surface area contributed by atoms with Gasteiger partial charge in [-0.3, -0.25) is 0 Å². The van der Waals surface area contributed by atoms with E-state index in [4.69, 9.17) is 0 Å². The fourth-order valence-corrected chi connectivity index (χ4v) is 3.78. The van der Waals surface area contributed by atoms with E-state index >= 15 is 0 Å². The average molecular weight is 373 g/mol. The maximum atomic E-state index is 13.9. The number of nitrogens with zero attached hydrogens (tertiary/aromatic N) is 1. The fourth-order valence-electron chi connectivity index (χ4n) is 3.68. The number of fused-ring (bicyclic) bond motifs is 1. The summed E-state index contributed by atoms with van der Waals surface area (Å²) in [6, 6.07) is 11.6. The Bertz CT molecular complexity index is 1010. The highest BCUT2D eigenvalue weighted by atomic mass is 32.1. The van der Waals surface area contributed by atoms with Gasteiger partial charge in [0.15, 0.2) is 5.82 Å². The summed E-state index contributed by atoms with van der Waals surface area (Å²) in [5, 5.41) is 2.18. The van der Waals surface area contributed by atoms with Gasteiger partial charge in [-0.2, -0.15) is 4.99 Å². The van der Waals surface area contributed by atoms with E-state index in [1.54, 1.807) is 12.1 Å². The number of hydrogen-bond acceptors (Lipinski definition) is 2. The minimum absolute atomic E-state index is 0.194. The van der Waals surface area contributed by atoms with Crippen molar-refractivity contribution in [3.05, 3.63) is 70.0 Å². The Morgan fingerprint density at radius 3 is 2.70 bits per heavy atom. The summed E-state index contributed by atoms with van der Waals surface area (Å²) in [5.41, 5.74) is 6.08. The summed E-state index contributed by atoms with van der Waals surface area (Å²) in [6.07, 6.45) is 9.51. The van der Waals surface area contributed by atoms with Crippen LogP contribution in [0, 0.1) is 23.6 Å². The lowest BCUT2D eigenvalue weighted by atomic mass is 9.80. The molecule has 27 heavy (non-hydrogen) atoms. The van der Waals surface area contributed by atoms with E-state index in [-0.39, 0.29) is 5.69 Å². The Balaban J connectivity index is 1.51. The van der Waals surface area contributed by atoms with Crippen LogP contribution in [0.2, 0.25) is 0 Å². The first-order valence-electron chi connectivity index (χ1n) is 9.43. The van der Waals surface area contributed by atoms with Crippen molar-refractivity contribution in [1.29, 1.82) is 0 Å². The van der Waals surface area contributed by atoms with Gasteiger partial charge in [0.2, 0.25) is 0 Å². The summed E-state index contributed by atoms with van der Waals surface area (Å²) in [6.45, 7) is 0. The molecule has 0 aliphatic heterocycles. The van der Waals surface area contributed by atoms with E-state index in [1.165, 1.54) is 48.4 Å². The first-order valence-corrected chi connectivity index (χ1v) is 9.84. The first-order chi connectivity index (χ1) is 13.2. The van der Waals surface area contributed by atoms with Crippen LogP contribution in [0.15, 0.2) is 47.0 Å². The number of benzene rings is 2. The Kier molecular flexibility index (Phi) is 5.30. The molecule has 2 aliphatic rings. The van der Waals surface area contributed by atoms with Crippen molar-refractivity contribution in [3.8, 4) is 11.8 Å². The van der Waals surface area contributed by atoms with Crippen LogP contribution in [0.5, 0.6) is 0 Å². The van der Waals surface area contributed by atoms with Crippen LogP contribution < -0.4 is 0 Å². The molecule has 0 bridgehead atoms. The van der Waals surface area contributed by atoms with Crippen LogP contribution >= 0.6 is 12.2 Å². The number of hydrogen-bond donors (Lipinski definition) is 0. The number of aryl methyl sites for hydroxylation is 1. The zero-order chi connectivity index (χ0) is 18.6. The molecular weight excluding hydrogens is 353 g/mol. The first kappa shape index (κ1) is 17.9. The summed E-state index contributed by atoms with van der Waals surface area (Å²) in [7, 11) is 0. The van der Waals surface area contributed by atoms with Gasteiger partial charge in [0.05, 0.1) is 5.16 Å². The molecule has 0 saturated heterocycles. The van der Waals surface area contributed by atoms with Gasteiger partial charge in [0, 0.05) is 11.1 Å². The second-order valence-corrected chi connectivity index (χ2v) is 7.51. The number of halogens is 1. The van der Waals surface area contributed by atoms with E-state index < -0.39 is 5.82 Å². The normalized spacial score (nSPS) is 15.5. The number of rotatable bonds is 3. The van der Waals surface area contributed by atoms with Crippen molar-refractivity contribution in [3.63, 3.8) is 0 Å². The van der Waals surface area contributed by atoms with Gasteiger partial charge in [0.25, 0.3) is 0 Å². The molecule has 0 heterocycles. The van der Waals surface area contributed by atoms with Gasteiger partial charge in [-0.05, 0) is 78.4 Å². The molecule has 0 spiro atoms. The van der Waals surface area contributed by atoms with E-state index in [9.17, 15) is 4.39 Å². The van der Waals surface area contributed by atoms with E-state index in [2.05, 4.69) is 58.5 Å². The monoisotopic (exact) mass is 373 g/mol. The summed E-state index contributed by atoms with van der Waals surface area (Å²) < 4.78 is 13.9. The molecule has 0 amide bonds. The van der Waals surface area contributed by atoms with Crippen LogP contribution in [0.3, 0.4) is 0 Å². The van der Waals surface area contributed by atoms with Crippen LogP contribution in [0.25, 0.3) is 6.08 Å². The maximum Gasteiger partial charge on any atom is 0.150 e. The third-order valence-corrected chi connectivity index (χ3v) is 5.52. The molecule has 134 valence electrons. The summed E-state index contributed by atoms with van der Waals surface area (Å²) >= 11 is 4.51. The zero-order valence-corrected chi connectivity index (χ0v) is 15.9. The van der Waals surface area contributed by atoms with Gasteiger partial charge in [-0.15, -0.1) is 0 Å². The van der Waals surface area contributed by atoms with Crippen molar-refractivity contribution >= 4 is 29.1 Å². The number of thiocarbonyl (C=S) groups is 1. The molecule has 0 aromatic heterocycles. The molecule has 0 unspecified atom stereocenters. The second-order valence-electron chi connectivity index (χ2n) is 7.32. The summed E-state index contributed by atoms with van der Waals surface area (Å²) in [4.78, 5) is 3.69. The lowest BCUT2D eigenvalue weighted by molar-refractivity contribution is 0.314. The van der Waals surface area contributed by atoms with Crippen molar-refractivity contribution in [2.75, 3.05) is 0 Å². The number of allylic oxidation sites excluding steroid dienone is 1. The van der Waals surface area contributed by atoms with E-state index in [0.29, 0.717) is 5.56 Å². The van der Waals surface area contributed by atoms with Crippen LogP contribution in [-0.2, 0) is 12.8 Å². The second kappa shape index (κ2) is 8.01. The molecular formula is C24H20FNS. The van der Waals surface area contributed by atoms with Gasteiger partial charge >= 0.3 is 0 Å². The lowest BCUT2D eigenvalue weighted by Crippen LogP contribution is -2.14. The Morgan fingerprint density at radius 1 is 1.07 bits per heavy atom. The Hall–Kier alpha value is -2.53. The topological polar surface area (TPSA) is 12.4 Å². The maximum absolute atomic E-state index is 13.9.